The Morgan fingerprint density at radius 3 is 2.25 bits per heavy atom. The molecule has 4 aromatic carbocycles. The van der Waals surface area contributed by atoms with E-state index < -0.39 is 0 Å². The predicted molar refractivity (Wildman–Crippen MR) is 128 cm³/mol. The first kappa shape index (κ1) is 19.6. The standard InChI is InChI=1S/C27H21N3O2/c1-32-25-16-15-21(26-28-22-9-5-6-10-23(22)29-26)17-24(25)30-27(31)20-13-11-19(12-14-20)18-7-3-2-4-8-18/h2-17H,1H3,(H,28,29)(H,30,31). The number of imidazole rings is 1. The van der Waals surface area contributed by atoms with Crippen molar-refractivity contribution in [3.05, 3.63) is 103 Å². The van der Waals surface area contributed by atoms with E-state index in [1.165, 1.54) is 0 Å². The Kier molecular flexibility index (Phi) is 5.14. The number of hydrogen-bond acceptors (Lipinski definition) is 3. The summed E-state index contributed by atoms with van der Waals surface area (Å²) in [6.07, 6.45) is 0. The summed E-state index contributed by atoms with van der Waals surface area (Å²) in [6.45, 7) is 0. The average molecular weight is 419 g/mol. The normalized spacial score (nSPS) is 10.8. The number of amides is 1. The number of fused-ring (bicyclic) bond motifs is 1. The molecule has 0 aliphatic rings. The average Bonchev–Trinajstić information content (AvgIpc) is 3.29. The summed E-state index contributed by atoms with van der Waals surface area (Å²) in [7, 11) is 1.58. The lowest BCUT2D eigenvalue weighted by Gasteiger charge is -2.12. The second kappa shape index (κ2) is 8.40. The second-order valence-electron chi connectivity index (χ2n) is 7.42. The lowest BCUT2D eigenvalue weighted by molar-refractivity contribution is 0.102. The van der Waals surface area contributed by atoms with E-state index in [9.17, 15) is 4.79 Å². The highest BCUT2D eigenvalue weighted by Gasteiger charge is 2.13. The van der Waals surface area contributed by atoms with Crippen molar-refractivity contribution < 1.29 is 9.53 Å². The number of H-pyrrole nitrogens is 1. The maximum absolute atomic E-state index is 12.9. The number of benzene rings is 4. The van der Waals surface area contributed by atoms with Crippen LogP contribution in [0.2, 0.25) is 0 Å². The number of nitrogens with one attached hydrogen (secondary N) is 2. The molecule has 0 radical (unpaired) electrons. The highest BCUT2D eigenvalue weighted by molar-refractivity contribution is 6.05. The van der Waals surface area contributed by atoms with Gasteiger partial charge in [-0.3, -0.25) is 4.79 Å². The fourth-order valence-electron chi connectivity index (χ4n) is 3.68. The van der Waals surface area contributed by atoms with Gasteiger partial charge in [0, 0.05) is 11.1 Å². The quantitative estimate of drug-likeness (QED) is 0.359. The van der Waals surface area contributed by atoms with Gasteiger partial charge in [0.05, 0.1) is 23.8 Å². The van der Waals surface area contributed by atoms with E-state index in [2.05, 4.69) is 15.3 Å². The number of hydrogen-bond donors (Lipinski definition) is 2. The monoisotopic (exact) mass is 419 g/mol. The van der Waals surface area contributed by atoms with Crippen LogP contribution >= 0.6 is 0 Å². The van der Waals surface area contributed by atoms with Crippen molar-refractivity contribution in [3.8, 4) is 28.3 Å². The van der Waals surface area contributed by atoms with E-state index in [-0.39, 0.29) is 5.91 Å². The van der Waals surface area contributed by atoms with Crippen molar-refractivity contribution in [2.24, 2.45) is 0 Å². The fourth-order valence-corrected chi connectivity index (χ4v) is 3.68. The molecule has 0 atom stereocenters. The zero-order chi connectivity index (χ0) is 21.9. The summed E-state index contributed by atoms with van der Waals surface area (Å²) in [5, 5.41) is 2.98. The van der Waals surface area contributed by atoms with E-state index in [4.69, 9.17) is 4.74 Å². The van der Waals surface area contributed by atoms with Gasteiger partial charge in [0.1, 0.15) is 11.6 Å². The Morgan fingerprint density at radius 1 is 0.812 bits per heavy atom. The number of carbonyl (C=O) groups is 1. The van der Waals surface area contributed by atoms with Crippen molar-refractivity contribution in [1.82, 2.24) is 9.97 Å². The molecule has 0 saturated carbocycles. The maximum Gasteiger partial charge on any atom is 0.255 e. The van der Waals surface area contributed by atoms with Crippen LogP contribution in [0.15, 0.2) is 97.1 Å². The molecule has 5 nitrogen and oxygen atoms in total. The van der Waals surface area contributed by atoms with Crippen molar-refractivity contribution in [2.75, 3.05) is 12.4 Å². The van der Waals surface area contributed by atoms with Gasteiger partial charge in [-0.1, -0.05) is 54.6 Å². The minimum atomic E-state index is -0.204. The predicted octanol–water partition coefficient (Wildman–Crippen LogP) is 6.16. The first-order chi connectivity index (χ1) is 15.7. The molecule has 0 aliphatic carbocycles. The summed E-state index contributed by atoms with van der Waals surface area (Å²) in [4.78, 5) is 20.9. The van der Waals surface area contributed by atoms with Gasteiger partial charge in [-0.2, -0.15) is 0 Å². The van der Waals surface area contributed by atoms with Crippen LogP contribution in [0, 0.1) is 0 Å². The number of methoxy groups -OCH3 is 1. The number of nitrogens with zero attached hydrogens (tertiary/aromatic N) is 1. The molecule has 5 heteroatoms. The van der Waals surface area contributed by atoms with E-state index in [0.29, 0.717) is 17.0 Å². The van der Waals surface area contributed by atoms with Crippen molar-refractivity contribution in [1.29, 1.82) is 0 Å². The Morgan fingerprint density at radius 2 is 1.50 bits per heavy atom. The zero-order valence-electron chi connectivity index (χ0n) is 17.5. The lowest BCUT2D eigenvalue weighted by Crippen LogP contribution is -2.12. The summed E-state index contributed by atoms with van der Waals surface area (Å²) in [5.41, 5.74) is 6.04. The maximum atomic E-state index is 12.9. The Balaban J connectivity index is 1.41. The third kappa shape index (κ3) is 3.84. The molecule has 32 heavy (non-hydrogen) atoms. The number of aromatic nitrogens is 2. The molecule has 0 bridgehead atoms. The van der Waals surface area contributed by atoms with Crippen LogP contribution in [0.25, 0.3) is 33.5 Å². The molecule has 0 saturated heterocycles. The van der Waals surface area contributed by atoms with Crippen LogP contribution in [-0.4, -0.2) is 23.0 Å². The summed E-state index contributed by atoms with van der Waals surface area (Å²) >= 11 is 0. The van der Waals surface area contributed by atoms with Crippen LogP contribution in [-0.2, 0) is 0 Å². The van der Waals surface area contributed by atoms with Crippen LogP contribution in [0.3, 0.4) is 0 Å². The van der Waals surface area contributed by atoms with Crippen molar-refractivity contribution in [3.63, 3.8) is 0 Å². The number of ether oxygens (including phenoxy) is 1. The van der Waals surface area contributed by atoms with Crippen LogP contribution in [0.5, 0.6) is 5.75 Å². The lowest BCUT2D eigenvalue weighted by atomic mass is 10.0. The van der Waals surface area contributed by atoms with Crippen molar-refractivity contribution >= 4 is 22.6 Å². The molecular weight excluding hydrogens is 398 g/mol. The summed E-state index contributed by atoms with van der Waals surface area (Å²) in [6, 6.07) is 31.1. The molecular formula is C27H21N3O2. The Bertz CT molecular complexity index is 1360. The highest BCUT2D eigenvalue weighted by Crippen LogP contribution is 2.31. The molecule has 0 unspecified atom stereocenters. The van der Waals surface area contributed by atoms with E-state index in [1.54, 1.807) is 7.11 Å². The number of aromatic amines is 1. The first-order valence-corrected chi connectivity index (χ1v) is 10.3. The van der Waals surface area contributed by atoms with Crippen molar-refractivity contribution in [2.45, 2.75) is 0 Å². The molecule has 1 amide bonds. The van der Waals surface area contributed by atoms with Gasteiger partial charge in [-0.05, 0) is 53.6 Å². The molecule has 1 heterocycles. The molecule has 5 rings (SSSR count). The van der Waals surface area contributed by atoms with Gasteiger partial charge >= 0.3 is 0 Å². The highest BCUT2D eigenvalue weighted by atomic mass is 16.5. The van der Waals surface area contributed by atoms with E-state index in [0.717, 1.165) is 33.5 Å². The van der Waals surface area contributed by atoms with Crippen LogP contribution in [0.1, 0.15) is 10.4 Å². The molecule has 2 N–H and O–H groups in total. The third-order valence-corrected chi connectivity index (χ3v) is 5.36. The fraction of sp³-hybridized carbons (Fsp3) is 0.0370. The Labute approximate surface area is 185 Å². The van der Waals surface area contributed by atoms with Crippen LogP contribution in [0.4, 0.5) is 5.69 Å². The van der Waals surface area contributed by atoms with Gasteiger partial charge in [0.2, 0.25) is 0 Å². The third-order valence-electron chi connectivity index (χ3n) is 5.36. The molecule has 0 fully saturated rings. The van der Waals surface area contributed by atoms with E-state index >= 15 is 0 Å². The van der Waals surface area contributed by atoms with Crippen LogP contribution < -0.4 is 10.1 Å². The van der Waals surface area contributed by atoms with Gasteiger partial charge in [-0.25, -0.2) is 4.98 Å². The second-order valence-corrected chi connectivity index (χ2v) is 7.42. The Hall–Kier alpha value is -4.38. The smallest absolute Gasteiger partial charge is 0.255 e. The molecule has 1 aromatic heterocycles. The molecule has 156 valence electrons. The number of carbonyl (C=O) groups excluding carboxylic acids is 1. The van der Waals surface area contributed by atoms with Gasteiger partial charge in [0.25, 0.3) is 5.91 Å². The minimum Gasteiger partial charge on any atom is -0.495 e. The summed E-state index contributed by atoms with van der Waals surface area (Å²) in [5.74, 6) is 1.11. The van der Waals surface area contributed by atoms with Gasteiger partial charge in [0.15, 0.2) is 0 Å². The molecule has 0 aliphatic heterocycles. The first-order valence-electron chi connectivity index (χ1n) is 10.3. The largest absolute Gasteiger partial charge is 0.495 e. The van der Waals surface area contributed by atoms with E-state index in [1.807, 2.05) is 97.1 Å². The molecule has 5 aromatic rings. The molecule has 0 spiro atoms. The summed E-state index contributed by atoms with van der Waals surface area (Å²) < 4.78 is 5.46. The SMILES string of the molecule is COc1ccc(-c2nc3ccccc3[nH]2)cc1NC(=O)c1ccc(-c2ccccc2)cc1. The zero-order valence-corrected chi connectivity index (χ0v) is 17.5. The van der Waals surface area contributed by atoms with Gasteiger partial charge < -0.3 is 15.0 Å². The van der Waals surface area contributed by atoms with Gasteiger partial charge in [-0.15, -0.1) is 0 Å². The number of para-hydroxylation sites is 2. The minimum absolute atomic E-state index is 0.204. The number of rotatable bonds is 5. The number of anilines is 1. The topological polar surface area (TPSA) is 67.0 Å².